The van der Waals surface area contributed by atoms with Crippen molar-refractivity contribution in [3.63, 3.8) is 0 Å². The van der Waals surface area contributed by atoms with E-state index in [9.17, 15) is 14.3 Å². The van der Waals surface area contributed by atoms with Gasteiger partial charge in [0.2, 0.25) is 0 Å². The van der Waals surface area contributed by atoms with E-state index in [1.165, 1.54) is 12.1 Å². The molecule has 8 heteroatoms. The highest BCUT2D eigenvalue weighted by molar-refractivity contribution is 5.95. The number of aromatic nitrogens is 3. The average Bonchev–Trinajstić information content (AvgIpc) is 3.28. The molecular weight excluding hydrogens is 423 g/mol. The first kappa shape index (κ1) is 22.4. The molecule has 1 atom stereocenters. The van der Waals surface area contributed by atoms with E-state index in [1.807, 2.05) is 6.92 Å². The first-order valence-electron chi connectivity index (χ1n) is 10.7. The Hall–Kier alpha value is -3.78. The minimum Gasteiger partial charge on any atom is -0.493 e. The molecule has 2 aromatic heterocycles. The third-order valence-corrected chi connectivity index (χ3v) is 5.42. The number of carbonyl (C=O) groups excluding carboxylic acids is 1. The summed E-state index contributed by atoms with van der Waals surface area (Å²) in [5.41, 5.74) is 3.74. The molecule has 7 nitrogen and oxygen atoms in total. The van der Waals surface area contributed by atoms with Gasteiger partial charge >= 0.3 is 0 Å². The van der Waals surface area contributed by atoms with E-state index >= 15 is 0 Å². The Labute approximate surface area is 190 Å². The molecule has 0 radical (unpaired) electrons. The molecule has 4 rings (SSSR count). The molecule has 0 aliphatic rings. The van der Waals surface area contributed by atoms with Gasteiger partial charge in [0.25, 0.3) is 5.91 Å². The number of benzene rings is 2. The van der Waals surface area contributed by atoms with E-state index in [4.69, 9.17) is 4.74 Å². The van der Waals surface area contributed by atoms with Crippen LogP contribution in [0.5, 0.6) is 5.75 Å². The summed E-state index contributed by atoms with van der Waals surface area (Å²) in [4.78, 5) is 19.2. The van der Waals surface area contributed by atoms with Crippen LogP contribution >= 0.6 is 0 Å². The minimum atomic E-state index is -0.800. The molecule has 0 bridgehead atoms. The Morgan fingerprint density at radius 3 is 2.79 bits per heavy atom. The molecule has 33 heavy (non-hydrogen) atoms. The lowest BCUT2D eigenvalue weighted by atomic mass is 10.0. The van der Waals surface area contributed by atoms with Crippen molar-refractivity contribution in [2.45, 2.75) is 26.5 Å². The third kappa shape index (κ3) is 4.56. The second-order valence-electron chi connectivity index (χ2n) is 7.81. The quantitative estimate of drug-likeness (QED) is 0.435. The maximum Gasteiger partial charge on any atom is 0.254 e. The lowest BCUT2D eigenvalue weighted by Gasteiger charge is -2.21. The molecule has 0 aliphatic carbocycles. The van der Waals surface area contributed by atoms with Gasteiger partial charge in [-0.1, -0.05) is 12.1 Å². The Balaban J connectivity index is 1.66. The molecule has 1 unspecified atom stereocenters. The van der Waals surface area contributed by atoms with E-state index in [0.717, 1.165) is 10.9 Å². The standard InChI is InChI=1S/C25H25FN4O3/c1-4-33-22-11-17(8-9-20(22)16-6-5-7-19(26)10-16)25(32)30(3)14-21-23(15(2)31)27-12-18-13-28-29-24(18)21/h5-13,15,31H,4,14H2,1-3H3,(H,28,29). The number of rotatable bonds is 7. The maximum atomic E-state index is 13.7. The van der Waals surface area contributed by atoms with Crippen LogP contribution in [0.15, 0.2) is 54.9 Å². The number of nitrogens with zero attached hydrogens (tertiary/aromatic N) is 3. The van der Waals surface area contributed by atoms with E-state index in [1.54, 1.807) is 61.6 Å². The predicted molar refractivity (Wildman–Crippen MR) is 123 cm³/mol. The number of ether oxygens (including phenoxy) is 1. The fourth-order valence-electron chi connectivity index (χ4n) is 3.85. The van der Waals surface area contributed by atoms with Gasteiger partial charge in [0.1, 0.15) is 11.6 Å². The topological polar surface area (TPSA) is 91.3 Å². The molecule has 2 aromatic carbocycles. The van der Waals surface area contributed by atoms with E-state index in [0.29, 0.717) is 40.3 Å². The number of aliphatic hydroxyl groups excluding tert-OH is 1. The van der Waals surface area contributed by atoms with Crippen molar-refractivity contribution in [3.05, 3.63) is 77.5 Å². The first-order valence-corrected chi connectivity index (χ1v) is 10.7. The normalized spacial score (nSPS) is 12.0. The molecule has 2 heterocycles. The molecule has 0 saturated heterocycles. The number of carbonyl (C=O) groups is 1. The molecule has 170 valence electrons. The number of hydrogen-bond acceptors (Lipinski definition) is 5. The van der Waals surface area contributed by atoms with Gasteiger partial charge in [0, 0.05) is 41.9 Å². The largest absolute Gasteiger partial charge is 0.493 e. The second kappa shape index (κ2) is 9.38. The van der Waals surface area contributed by atoms with Gasteiger partial charge in [0.15, 0.2) is 0 Å². The number of amides is 1. The molecule has 0 saturated carbocycles. The smallest absolute Gasteiger partial charge is 0.254 e. The molecule has 1 amide bonds. The van der Waals surface area contributed by atoms with Crippen molar-refractivity contribution in [1.29, 1.82) is 0 Å². The van der Waals surface area contributed by atoms with Crippen LogP contribution in [0.3, 0.4) is 0 Å². The lowest BCUT2D eigenvalue weighted by molar-refractivity contribution is 0.0783. The van der Waals surface area contributed by atoms with Crippen LogP contribution in [0.1, 0.15) is 41.6 Å². The van der Waals surface area contributed by atoms with Crippen molar-refractivity contribution >= 4 is 16.8 Å². The van der Waals surface area contributed by atoms with Gasteiger partial charge in [-0.15, -0.1) is 0 Å². The van der Waals surface area contributed by atoms with Crippen LogP contribution in [-0.4, -0.2) is 44.7 Å². The number of pyridine rings is 1. The van der Waals surface area contributed by atoms with Crippen LogP contribution in [0.4, 0.5) is 4.39 Å². The van der Waals surface area contributed by atoms with Crippen LogP contribution in [0, 0.1) is 5.82 Å². The zero-order chi connectivity index (χ0) is 23.5. The molecule has 0 aliphatic heterocycles. The van der Waals surface area contributed by atoms with Gasteiger partial charge in [-0.05, 0) is 49.7 Å². The summed E-state index contributed by atoms with van der Waals surface area (Å²) in [6.07, 6.45) is 2.50. The molecule has 0 spiro atoms. The van der Waals surface area contributed by atoms with Gasteiger partial charge in [-0.25, -0.2) is 4.39 Å². The molecule has 4 aromatic rings. The summed E-state index contributed by atoms with van der Waals surface area (Å²) in [5.74, 6) is -0.0653. The van der Waals surface area contributed by atoms with Crippen LogP contribution in [0.25, 0.3) is 22.0 Å². The van der Waals surface area contributed by atoms with Crippen molar-refractivity contribution in [3.8, 4) is 16.9 Å². The number of halogens is 1. The first-order chi connectivity index (χ1) is 15.9. The van der Waals surface area contributed by atoms with Crippen molar-refractivity contribution < 1.29 is 19.0 Å². The molecule has 0 fully saturated rings. The predicted octanol–water partition coefficient (Wildman–Crippen LogP) is 4.49. The highest BCUT2D eigenvalue weighted by atomic mass is 19.1. The number of aromatic amines is 1. The number of H-pyrrole nitrogens is 1. The third-order valence-electron chi connectivity index (χ3n) is 5.42. The highest BCUT2D eigenvalue weighted by Gasteiger charge is 2.21. The fraction of sp³-hybridized carbons (Fsp3) is 0.240. The lowest BCUT2D eigenvalue weighted by Crippen LogP contribution is -2.27. The van der Waals surface area contributed by atoms with Crippen molar-refractivity contribution in [2.24, 2.45) is 0 Å². The second-order valence-corrected chi connectivity index (χ2v) is 7.81. The van der Waals surface area contributed by atoms with Crippen LogP contribution in [0.2, 0.25) is 0 Å². The summed E-state index contributed by atoms with van der Waals surface area (Å²) in [6.45, 7) is 4.11. The fourth-order valence-corrected chi connectivity index (χ4v) is 3.85. The highest BCUT2D eigenvalue weighted by Crippen LogP contribution is 2.32. The van der Waals surface area contributed by atoms with Crippen LogP contribution < -0.4 is 4.74 Å². The van der Waals surface area contributed by atoms with Gasteiger partial charge in [-0.3, -0.25) is 14.9 Å². The summed E-state index contributed by atoms with van der Waals surface area (Å²) in [6, 6.07) is 11.4. The Morgan fingerprint density at radius 2 is 2.06 bits per heavy atom. The summed E-state index contributed by atoms with van der Waals surface area (Å²) >= 11 is 0. The molecule has 2 N–H and O–H groups in total. The summed E-state index contributed by atoms with van der Waals surface area (Å²) in [5, 5.41) is 18.0. The van der Waals surface area contributed by atoms with E-state index in [-0.39, 0.29) is 18.3 Å². The Bertz CT molecular complexity index is 1300. The number of hydrogen-bond donors (Lipinski definition) is 2. The Kier molecular flexibility index (Phi) is 6.37. The van der Waals surface area contributed by atoms with Gasteiger partial charge in [-0.2, -0.15) is 5.10 Å². The van der Waals surface area contributed by atoms with Gasteiger partial charge < -0.3 is 14.7 Å². The number of aliphatic hydroxyl groups is 1. The van der Waals surface area contributed by atoms with Gasteiger partial charge in [0.05, 0.1) is 30.1 Å². The Morgan fingerprint density at radius 1 is 1.24 bits per heavy atom. The zero-order valence-electron chi connectivity index (χ0n) is 18.7. The monoisotopic (exact) mass is 448 g/mol. The summed E-state index contributed by atoms with van der Waals surface area (Å²) < 4.78 is 19.5. The average molecular weight is 448 g/mol. The SMILES string of the molecule is CCOc1cc(C(=O)N(C)Cc2c(C(C)O)ncc3cn[nH]c23)ccc1-c1cccc(F)c1. The van der Waals surface area contributed by atoms with Crippen molar-refractivity contribution in [2.75, 3.05) is 13.7 Å². The zero-order valence-corrected chi connectivity index (χ0v) is 18.7. The number of fused-ring (bicyclic) bond motifs is 1. The summed E-state index contributed by atoms with van der Waals surface area (Å²) in [7, 11) is 1.68. The van der Waals surface area contributed by atoms with Crippen molar-refractivity contribution in [1.82, 2.24) is 20.1 Å². The molecular formula is C25H25FN4O3. The van der Waals surface area contributed by atoms with Crippen LogP contribution in [-0.2, 0) is 6.54 Å². The minimum absolute atomic E-state index is 0.223. The van der Waals surface area contributed by atoms with E-state index in [2.05, 4.69) is 15.2 Å². The number of nitrogens with one attached hydrogen (secondary N) is 1. The van der Waals surface area contributed by atoms with E-state index < -0.39 is 6.10 Å². The maximum absolute atomic E-state index is 13.7.